The van der Waals surface area contributed by atoms with Crippen LogP contribution in [0, 0.1) is 11.8 Å². The second kappa shape index (κ2) is 10.9. The smallest absolute Gasteiger partial charge is 0.295 e. The van der Waals surface area contributed by atoms with E-state index in [1.807, 2.05) is 4.57 Å². The maximum absolute atomic E-state index is 14.2. The fourth-order valence-electron chi connectivity index (χ4n) is 6.58. The molecule has 224 valence electrons. The van der Waals surface area contributed by atoms with Gasteiger partial charge in [0, 0.05) is 18.2 Å². The van der Waals surface area contributed by atoms with Crippen LogP contribution in [-0.4, -0.2) is 55.8 Å². The minimum absolute atomic E-state index is 0.00556. The predicted octanol–water partition coefficient (Wildman–Crippen LogP) is 4.08. The molecular formula is C30H34N8O4S. The summed E-state index contributed by atoms with van der Waals surface area (Å²) < 4.78 is 31.8. The molecule has 3 aliphatic carbocycles. The summed E-state index contributed by atoms with van der Waals surface area (Å²) >= 11 is 0. The van der Waals surface area contributed by atoms with Crippen molar-refractivity contribution in [3.05, 3.63) is 52.6 Å². The summed E-state index contributed by atoms with van der Waals surface area (Å²) in [5.41, 5.74) is 2.90. The zero-order valence-electron chi connectivity index (χ0n) is 24.2. The first-order valence-corrected chi connectivity index (χ1v) is 16.6. The summed E-state index contributed by atoms with van der Waals surface area (Å²) in [6.45, 7) is 1.81. The van der Waals surface area contributed by atoms with Crippen molar-refractivity contribution in [2.75, 3.05) is 18.2 Å². The van der Waals surface area contributed by atoms with Gasteiger partial charge in [-0.3, -0.25) is 14.3 Å². The molecular weight excluding hydrogens is 568 g/mol. The predicted molar refractivity (Wildman–Crippen MR) is 160 cm³/mol. The van der Waals surface area contributed by atoms with Crippen LogP contribution in [0.25, 0.3) is 22.6 Å². The molecule has 0 saturated heterocycles. The Morgan fingerprint density at radius 2 is 1.86 bits per heavy atom. The van der Waals surface area contributed by atoms with Crippen LogP contribution in [0.3, 0.4) is 0 Å². The Bertz CT molecular complexity index is 1860. The van der Waals surface area contributed by atoms with Crippen LogP contribution >= 0.6 is 0 Å². The Labute approximate surface area is 249 Å². The largest absolute Gasteiger partial charge is 0.480 e. The number of methoxy groups -OCH3 is 1. The molecule has 0 radical (unpaired) electrons. The highest BCUT2D eigenvalue weighted by molar-refractivity contribution is 7.91. The molecule has 4 aromatic rings. The first kappa shape index (κ1) is 27.8. The summed E-state index contributed by atoms with van der Waals surface area (Å²) in [4.78, 5) is 41.9. The van der Waals surface area contributed by atoms with E-state index in [-0.39, 0.29) is 34.6 Å². The minimum Gasteiger partial charge on any atom is -0.480 e. The number of fused-ring (bicyclic) bond motifs is 2. The normalized spacial score (nSPS) is 21.7. The van der Waals surface area contributed by atoms with Gasteiger partial charge in [0.15, 0.2) is 27.1 Å². The van der Waals surface area contributed by atoms with Gasteiger partial charge in [-0.05, 0) is 56.1 Å². The van der Waals surface area contributed by atoms with Gasteiger partial charge in [0.2, 0.25) is 5.88 Å². The highest BCUT2D eigenvalue weighted by Gasteiger charge is 2.42. The van der Waals surface area contributed by atoms with Gasteiger partial charge in [-0.1, -0.05) is 19.8 Å². The van der Waals surface area contributed by atoms with Gasteiger partial charge in [0.05, 0.1) is 41.9 Å². The summed E-state index contributed by atoms with van der Waals surface area (Å²) in [5, 5.41) is 3.16. The Morgan fingerprint density at radius 3 is 2.56 bits per heavy atom. The van der Waals surface area contributed by atoms with Crippen molar-refractivity contribution in [1.29, 1.82) is 0 Å². The van der Waals surface area contributed by atoms with E-state index in [4.69, 9.17) is 9.72 Å². The molecule has 3 fully saturated rings. The van der Waals surface area contributed by atoms with E-state index >= 15 is 0 Å². The lowest BCUT2D eigenvalue weighted by Gasteiger charge is -2.46. The summed E-state index contributed by atoms with van der Waals surface area (Å²) in [6, 6.07) is 3.21. The van der Waals surface area contributed by atoms with E-state index in [0.717, 1.165) is 37.8 Å². The molecule has 43 heavy (non-hydrogen) atoms. The molecule has 3 aliphatic rings. The average Bonchev–Trinajstić information content (AvgIpc) is 3.86. The fourth-order valence-corrected chi connectivity index (χ4v) is 7.40. The molecule has 0 bridgehead atoms. The van der Waals surface area contributed by atoms with Crippen molar-refractivity contribution in [2.45, 2.75) is 75.3 Å². The van der Waals surface area contributed by atoms with Crippen LogP contribution in [0.1, 0.15) is 75.2 Å². The van der Waals surface area contributed by atoms with Gasteiger partial charge in [0.1, 0.15) is 17.4 Å². The van der Waals surface area contributed by atoms with Crippen LogP contribution < -0.4 is 15.6 Å². The number of nitrogens with one attached hydrogen (secondary N) is 1. The van der Waals surface area contributed by atoms with Gasteiger partial charge in [-0.15, -0.1) is 0 Å². The third-order valence-corrected chi connectivity index (χ3v) is 10.9. The lowest BCUT2D eigenvalue weighted by atomic mass is 9.63. The molecule has 3 atom stereocenters. The minimum atomic E-state index is -3.35. The summed E-state index contributed by atoms with van der Waals surface area (Å²) in [7, 11) is -1.77. The molecule has 1 N–H and O–H groups in total. The van der Waals surface area contributed by atoms with E-state index < -0.39 is 9.84 Å². The molecule has 7 rings (SSSR count). The number of sulfone groups is 1. The second-order valence-corrected chi connectivity index (χ2v) is 14.0. The van der Waals surface area contributed by atoms with E-state index in [0.29, 0.717) is 51.9 Å². The van der Waals surface area contributed by atoms with Gasteiger partial charge >= 0.3 is 0 Å². The highest BCUT2D eigenvalue weighted by Crippen LogP contribution is 2.50. The van der Waals surface area contributed by atoms with Crippen LogP contribution in [0.5, 0.6) is 5.88 Å². The van der Waals surface area contributed by atoms with Crippen LogP contribution in [0.15, 0.2) is 40.5 Å². The Kier molecular flexibility index (Phi) is 7.07. The standard InChI is InChI=1S/C30H34N8O4S/c1-3-43(40,41)20-11-10-19(31-14-20)13-32-27-30(39)38(23-6-4-5-17-9-12-21(17)23)28-22(36-27)15-33-26(37-28)24-25(18-7-8-18)34-16-35-29(24)42-2/h10-11,14-18,21,23H,3-9,12-13H2,1-2H3,(H,32,36)/t17?,21-,23?/m1/s1. The molecule has 13 heteroatoms. The van der Waals surface area contributed by atoms with E-state index in [1.54, 1.807) is 32.4 Å². The number of nitrogens with zero attached hydrogens (tertiary/aromatic N) is 7. The molecule has 2 unspecified atom stereocenters. The van der Waals surface area contributed by atoms with Gasteiger partial charge in [-0.2, -0.15) is 0 Å². The number of hydrogen-bond acceptors (Lipinski definition) is 11. The van der Waals surface area contributed by atoms with Crippen molar-refractivity contribution in [1.82, 2.24) is 34.5 Å². The van der Waals surface area contributed by atoms with Gasteiger partial charge in [0.25, 0.3) is 5.56 Å². The quantitative estimate of drug-likeness (QED) is 0.295. The molecule has 4 heterocycles. The molecule has 0 aromatic carbocycles. The number of aromatic nitrogens is 7. The van der Waals surface area contributed by atoms with Crippen LogP contribution in [-0.2, 0) is 16.4 Å². The lowest BCUT2D eigenvalue weighted by molar-refractivity contribution is 0.0589. The van der Waals surface area contributed by atoms with Crippen molar-refractivity contribution < 1.29 is 13.2 Å². The molecule has 12 nitrogen and oxygen atoms in total. The van der Waals surface area contributed by atoms with Crippen molar-refractivity contribution in [2.24, 2.45) is 11.8 Å². The number of anilines is 1. The van der Waals surface area contributed by atoms with E-state index in [9.17, 15) is 13.2 Å². The number of pyridine rings is 1. The van der Waals surface area contributed by atoms with Crippen molar-refractivity contribution in [3.63, 3.8) is 0 Å². The maximum atomic E-state index is 14.2. The Morgan fingerprint density at radius 1 is 1.00 bits per heavy atom. The SMILES string of the molecule is CCS(=O)(=O)c1ccc(CNc2nc3cnc(-c4c(OC)ncnc4C4CC4)nc3n(C3CCCC4CC[C@H]43)c2=O)nc1. The van der Waals surface area contributed by atoms with Gasteiger partial charge in [-0.25, -0.2) is 33.3 Å². The Balaban J connectivity index is 1.30. The zero-order chi connectivity index (χ0) is 29.7. The fraction of sp³-hybridized carbons (Fsp3) is 0.500. The van der Waals surface area contributed by atoms with Crippen LogP contribution in [0.2, 0.25) is 0 Å². The van der Waals surface area contributed by atoms with E-state index in [2.05, 4.69) is 30.2 Å². The molecule has 4 aromatic heterocycles. The van der Waals surface area contributed by atoms with Gasteiger partial charge < -0.3 is 10.1 Å². The first-order valence-electron chi connectivity index (χ1n) is 15.0. The highest BCUT2D eigenvalue weighted by atomic mass is 32.2. The summed E-state index contributed by atoms with van der Waals surface area (Å²) in [5.74, 6) is 2.40. The van der Waals surface area contributed by atoms with Crippen molar-refractivity contribution in [3.8, 4) is 17.3 Å². The Hall–Kier alpha value is -4.00. The number of hydrogen-bond donors (Lipinski definition) is 1. The lowest BCUT2D eigenvalue weighted by Crippen LogP contribution is -2.42. The average molecular weight is 603 g/mol. The van der Waals surface area contributed by atoms with Crippen LogP contribution in [0.4, 0.5) is 5.82 Å². The zero-order valence-corrected chi connectivity index (χ0v) is 25.0. The third-order valence-electron chi connectivity index (χ3n) is 9.21. The third kappa shape index (κ3) is 5.02. The molecule has 3 saturated carbocycles. The number of rotatable bonds is 9. The second-order valence-electron chi connectivity index (χ2n) is 11.7. The van der Waals surface area contributed by atoms with E-state index in [1.165, 1.54) is 25.4 Å². The molecule has 0 spiro atoms. The topological polar surface area (TPSA) is 155 Å². The first-order chi connectivity index (χ1) is 20.9. The monoisotopic (exact) mass is 602 g/mol. The molecule has 0 amide bonds. The number of ether oxygens (including phenoxy) is 1. The summed E-state index contributed by atoms with van der Waals surface area (Å²) in [6.07, 6.45) is 12.1. The molecule has 0 aliphatic heterocycles. The van der Waals surface area contributed by atoms with Crippen molar-refractivity contribution >= 4 is 26.8 Å². The maximum Gasteiger partial charge on any atom is 0.295 e.